The van der Waals surface area contributed by atoms with E-state index >= 15 is 0 Å². The molecule has 0 bridgehead atoms. The van der Waals surface area contributed by atoms with Gasteiger partial charge in [0.05, 0.1) is 14.2 Å². The Hall–Kier alpha value is -3.78. The number of hydrogen-bond donors (Lipinski definition) is 1. The van der Waals surface area contributed by atoms with Crippen LogP contribution in [0.4, 0.5) is 5.69 Å². The van der Waals surface area contributed by atoms with Crippen LogP contribution in [0, 0.1) is 0 Å². The summed E-state index contributed by atoms with van der Waals surface area (Å²) in [5.74, 6) is 1.56. The highest BCUT2D eigenvalue weighted by molar-refractivity contribution is 8.00. The molecule has 1 heterocycles. The van der Waals surface area contributed by atoms with Crippen molar-refractivity contribution in [2.24, 2.45) is 0 Å². The number of methoxy groups -OCH3 is 2. The predicted molar refractivity (Wildman–Crippen MR) is 123 cm³/mol. The zero-order valence-corrected chi connectivity index (χ0v) is 18.3. The van der Waals surface area contributed by atoms with Gasteiger partial charge >= 0.3 is 0 Å². The summed E-state index contributed by atoms with van der Waals surface area (Å²) < 4.78 is 16.2. The van der Waals surface area contributed by atoms with Crippen LogP contribution >= 0.6 is 11.8 Å². The van der Waals surface area contributed by atoms with E-state index in [1.807, 2.05) is 72.8 Å². The van der Waals surface area contributed by atoms with E-state index in [1.54, 1.807) is 20.3 Å². The average Bonchev–Trinajstić information content (AvgIpc) is 3.32. The molecular formula is C24H21N3O4S. The summed E-state index contributed by atoms with van der Waals surface area (Å²) in [6.45, 7) is 0. The van der Waals surface area contributed by atoms with Gasteiger partial charge in [-0.25, -0.2) is 0 Å². The molecule has 1 atom stereocenters. The van der Waals surface area contributed by atoms with Crippen molar-refractivity contribution in [3.05, 3.63) is 84.4 Å². The highest BCUT2D eigenvalue weighted by Crippen LogP contribution is 2.37. The Kier molecular flexibility index (Phi) is 6.72. The standard InChI is InChI=1S/C24H21N3O4S/c1-29-19-13-11-17(12-14-19)23-26-27-24(31-23)32-21(16-7-4-3-5-8-16)22(28)25-18-9-6-10-20(15-18)30-2/h3-15,21H,1-2H3,(H,25,28)/t21-/m1/s1. The van der Waals surface area contributed by atoms with Gasteiger partial charge in [-0.05, 0) is 53.7 Å². The van der Waals surface area contributed by atoms with Gasteiger partial charge in [0.2, 0.25) is 11.8 Å². The molecule has 0 fully saturated rings. The minimum absolute atomic E-state index is 0.210. The monoisotopic (exact) mass is 447 g/mol. The number of benzene rings is 3. The lowest BCUT2D eigenvalue weighted by molar-refractivity contribution is -0.115. The number of nitrogens with zero attached hydrogens (tertiary/aromatic N) is 2. The first-order valence-electron chi connectivity index (χ1n) is 9.80. The van der Waals surface area contributed by atoms with E-state index in [2.05, 4.69) is 15.5 Å². The number of amides is 1. The molecule has 0 spiro atoms. The number of aromatic nitrogens is 2. The summed E-state index contributed by atoms with van der Waals surface area (Å²) in [4.78, 5) is 13.2. The van der Waals surface area contributed by atoms with Crippen LogP contribution < -0.4 is 14.8 Å². The molecule has 4 aromatic rings. The molecule has 0 saturated heterocycles. The van der Waals surface area contributed by atoms with Gasteiger partial charge in [0, 0.05) is 17.3 Å². The third-order valence-electron chi connectivity index (χ3n) is 4.64. The smallest absolute Gasteiger partial charge is 0.277 e. The number of thioether (sulfide) groups is 1. The first-order chi connectivity index (χ1) is 15.7. The lowest BCUT2D eigenvalue weighted by Gasteiger charge is -2.15. The lowest BCUT2D eigenvalue weighted by Crippen LogP contribution is -2.19. The van der Waals surface area contributed by atoms with E-state index in [0.29, 0.717) is 22.6 Å². The van der Waals surface area contributed by atoms with Crippen LogP contribution in [0.25, 0.3) is 11.5 Å². The van der Waals surface area contributed by atoms with Crippen molar-refractivity contribution in [2.45, 2.75) is 10.5 Å². The van der Waals surface area contributed by atoms with E-state index < -0.39 is 5.25 Å². The van der Waals surface area contributed by atoms with Crippen molar-refractivity contribution >= 4 is 23.4 Å². The summed E-state index contributed by atoms with van der Waals surface area (Å²) >= 11 is 1.19. The normalized spacial score (nSPS) is 11.6. The summed E-state index contributed by atoms with van der Waals surface area (Å²) in [5, 5.41) is 10.9. The molecule has 3 aromatic carbocycles. The molecule has 4 rings (SSSR count). The largest absolute Gasteiger partial charge is 0.497 e. The van der Waals surface area contributed by atoms with Crippen molar-refractivity contribution in [1.29, 1.82) is 0 Å². The SMILES string of the molecule is COc1ccc(-c2nnc(S[C@@H](C(=O)Nc3cccc(OC)c3)c3ccccc3)o2)cc1. The van der Waals surface area contributed by atoms with Gasteiger partial charge in [0.15, 0.2) is 0 Å². The van der Waals surface area contributed by atoms with Gasteiger partial charge in [0.1, 0.15) is 16.7 Å². The number of rotatable bonds is 8. The Bertz CT molecular complexity index is 1180. The zero-order chi connectivity index (χ0) is 22.3. The molecular weight excluding hydrogens is 426 g/mol. The second-order valence-electron chi connectivity index (χ2n) is 6.73. The van der Waals surface area contributed by atoms with E-state index in [1.165, 1.54) is 11.8 Å². The Labute approximate surface area is 189 Å². The topological polar surface area (TPSA) is 86.5 Å². The molecule has 0 aliphatic rings. The maximum atomic E-state index is 13.2. The second-order valence-corrected chi connectivity index (χ2v) is 7.79. The van der Waals surface area contributed by atoms with Crippen molar-refractivity contribution in [2.75, 3.05) is 19.5 Å². The fraction of sp³-hybridized carbons (Fsp3) is 0.125. The Morgan fingerprint density at radius 3 is 2.38 bits per heavy atom. The number of carbonyl (C=O) groups excluding carboxylic acids is 1. The van der Waals surface area contributed by atoms with Crippen molar-refractivity contribution in [3.8, 4) is 23.0 Å². The lowest BCUT2D eigenvalue weighted by atomic mass is 10.1. The van der Waals surface area contributed by atoms with Crippen LogP contribution in [0.1, 0.15) is 10.8 Å². The van der Waals surface area contributed by atoms with Crippen LogP contribution in [0.2, 0.25) is 0 Å². The maximum Gasteiger partial charge on any atom is 0.277 e. The van der Waals surface area contributed by atoms with E-state index in [9.17, 15) is 4.79 Å². The zero-order valence-electron chi connectivity index (χ0n) is 17.5. The van der Waals surface area contributed by atoms with Gasteiger partial charge < -0.3 is 19.2 Å². The quantitative estimate of drug-likeness (QED) is 0.370. The molecule has 0 unspecified atom stereocenters. The number of anilines is 1. The minimum Gasteiger partial charge on any atom is -0.497 e. The fourth-order valence-corrected chi connectivity index (χ4v) is 3.89. The molecule has 0 aliphatic heterocycles. The fourth-order valence-electron chi connectivity index (χ4n) is 3.02. The molecule has 1 aromatic heterocycles. The molecule has 1 amide bonds. The first kappa shape index (κ1) is 21.5. The molecule has 0 saturated carbocycles. The van der Waals surface area contributed by atoms with Crippen LogP contribution in [-0.4, -0.2) is 30.3 Å². The van der Waals surface area contributed by atoms with Crippen LogP contribution in [0.15, 0.2) is 88.5 Å². The molecule has 8 heteroatoms. The van der Waals surface area contributed by atoms with Crippen molar-refractivity contribution in [1.82, 2.24) is 10.2 Å². The molecule has 0 aliphatic carbocycles. The molecule has 162 valence electrons. The summed E-state index contributed by atoms with van der Waals surface area (Å²) in [6.07, 6.45) is 0. The highest BCUT2D eigenvalue weighted by Gasteiger charge is 2.25. The van der Waals surface area contributed by atoms with Crippen molar-refractivity contribution in [3.63, 3.8) is 0 Å². The number of hydrogen-bond acceptors (Lipinski definition) is 7. The van der Waals surface area contributed by atoms with Gasteiger partial charge in [-0.15, -0.1) is 10.2 Å². The molecule has 7 nitrogen and oxygen atoms in total. The maximum absolute atomic E-state index is 13.2. The highest BCUT2D eigenvalue weighted by atomic mass is 32.2. The second kappa shape index (κ2) is 10.0. The van der Waals surface area contributed by atoms with E-state index in [0.717, 1.165) is 16.9 Å². The minimum atomic E-state index is -0.591. The third-order valence-corrected chi connectivity index (χ3v) is 5.73. The molecule has 32 heavy (non-hydrogen) atoms. The summed E-state index contributed by atoms with van der Waals surface area (Å²) in [7, 11) is 3.19. The number of nitrogens with one attached hydrogen (secondary N) is 1. The average molecular weight is 448 g/mol. The van der Waals surface area contributed by atoms with Crippen LogP contribution in [0.5, 0.6) is 11.5 Å². The number of carbonyl (C=O) groups is 1. The van der Waals surface area contributed by atoms with Gasteiger partial charge in [-0.3, -0.25) is 4.79 Å². The Morgan fingerprint density at radius 2 is 1.66 bits per heavy atom. The first-order valence-corrected chi connectivity index (χ1v) is 10.7. The predicted octanol–water partition coefficient (Wildman–Crippen LogP) is 5.23. The van der Waals surface area contributed by atoms with E-state index in [4.69, 9.17) is 13.9 Å². The Balaban J connectivity index is 1.56. The molecule has 1 N–H and O–H groups in total. The van der Waals surface area contributed by atoms with Gasteiger partial charge in [-0.2, -0.15) is 0 Å². The van der Waals surface area contributed by atoms with Gasteiger partial charge in [0.25, 0.3) is 5.22 Å². The van der Waals surface area contributed by atoms with Crippen LogP contribution in [0.3, 0.4) is 0 Å². The van der Waals surface area contributed by atoms with Gasteiger partial charge in [-0.1, -0.05) is 36.4 Å². The van der Waals surface area contributed by atoms with E-state index in [-0.39, 0.29) is 5.91 Å². The Morgan fingerprint density at radius 1 is 0.906 bits per heavy atom. The molecule has 0 radical (unpaired) electrons. The summed E-state index contributed by atoms with van der Waals surface area (Å²) in [5.41, 5.74) is 2.23. The number of ether oxygens (including phenoxy) is 2. The van der Waals surface area contributed by atoms with Crippen LogP contribution in [-0.2, 0) is 4.79 Å². The summed E-state index contributed by atoms with van der Waals surface area (Å²) in [6, 6.07) is 24.0. The van der Waals surface area contributed by atoms with Crippen molar-refractivity contribution < 1.29 is 18.7 Å². The third kappa shape index (κ3) is 5.09.